The van der Waals surface area contributed by atoms with Gasteiger partial charge in [0.1, 0.15) is 5.82 Å². The summed E-state index contributed by atoms with van der Waals surface area (Å²) >= 11 is 3.41. The second kappa shape index (κ2) is 6.52. The van der Waals surface area contributed by atoms with Gasteiger partial charge in [0.05, 0.1) is 4.47 Å². The number of aryl methyl sites for hydroxylation is 1. The number of benzene rings is 1. The van der Waals surface area contributed by atoms with Crippen molar-refractivity contribution in [1.29, 1.82) is 0 Å². The van der Waals surface area contributed by atoms with Gasteiger partial charge in [-0.2, -0.15) is 4.98 Å². The fourth-order valence-corrected chi connectivity index (χ4v) is 2.12. The predicted octanol–water partition coefficient (Wildman–Crippen LogP) is 3.25. The van der Waals surface area contributed by atoms with Gasteiger partial charge in [0, 0.05) is 12.2 Å². The molecule has 0 spiro atoms. The van der Waals surface area contributed by atoms with Crippen molar-refractivity contribution < 1.29 is 0 Å². The van der Waals surface area contributed by atoms with Crippen molar-refractivity contribution in [2.75, 3.05) is 11.1 Å². The van der Waals surface area contributed by atoms with Gasteiger partial charge < -0.3 is 11.1 Å². The molecule has 0 amide bonds. The van der Waals surface area contributed by atoms with Gasteiger partial charge in [0.15, 0.2) is 0 Å². The van der Waals surface area contributed by atoms with Crippen LogP contribution in [0.25, 0.3) is 0 Å². The summed E-state index contributed by atoms with van der Waals surface area (Å²) in [5.41, 5.74) is 6.93. The first-order valence-electron chi connectivity index (χ1n) is 6.23. The summed E-state index contributed by atoms with van der Waals surface area (Å²) in [6.45, 7) is 2.13. The Morgan fingerprint density at radius 2 is 2.05 bits per heavy atom. The van der Waals surface area contributed by atoms with Gasteiger partial charge in [-0.25, -0.2) is 4.98 Å². The first-order valence-corrected chi connectivity index (χ1v) is 7.03. The van der Waals surface area contributed by atoms with Crippen molar-refractivity contribution in [3.63, 3.8) is 0 Å². The minimum atomic E-state index is 0.279. The molecule has 0 saturated heterocycles. The zero-order valence-corrected chi connectivity index (χ0v) is 12.4. The Kier molecular flexibility index (Phi) is 4.74. The zero-order chi connectivity index (χ0) is 13.7. The van der Waals surface area contributed by atoms with Crippen LogP contribution in [0, 0.1) is 0 Å². The summed E-state index contributed by atoms with van der Waals surface area (Å²) in [5, 5.41) is 3.34. The monoisotopic (exact) mass is 320 g/mol. The molecular weight excluding hydrogens is 304 g/mol. The van der Waals surface area contributed by atoms with E-state index < -0.39 is 0 Å². The number of halogens is 1. The smallest absolute Gasteiger partial charge is 0.221 e. The van der Waals surface area contributed by atoms with Crippen LogP contribution < -0.4 is 11.1 Å². The van der Waals surface area contributed by atoms with E-state index >= 15 is 0 Å². The lowest BCUT2D eigenvalue weighted by molar-refractivity contribution is 0.702. The topological polar surface area (TPSA) is 63.8 Å². The van der Waals surface area contributed by atoms with E-state index in [1.807, 2.05) is 6.07 Å². The maximum absolute atomic E-state index is 5.59. The number of anilines is 2. The standard InChI is InChI=1S/C14H17BrN4/c1-10(7-8-11-5-3-2-4-6-11)18-13-12(15)9-17-14(16)19-13/h2-6,9-10H,7-8H2,1H3,(H3,16,17,18,19). The molecule has 0 aliphatic carbocycles. The summed E-state index contributed by atoms with van der Waals surface area (Å²) in [6.07, 6.45) is 3.72. The third kappa shape index (κ3) is 4.21. The van der Waals surface area contributed by atoms with Crippen LogP contribution in [-0.2, 0) is 6.42 Å². The lowest BCUT2D eigenvalue weighted by Gasteiger charge is -2.15. The van der Waals surface area contributed by atoms with E-state index in [1.165, 1.54) is 5.56 Å². The fourth-order valence-electron chi connectivity index (χ4n) is 1.82. The molecule has 0 fully saturated rings. The van der Waals surface area contributed by atoms with Crippen molar-refractivity contribution in [3.05, 3.63) is 46.6 Å². The predicted molar refractivity (Wildman–Crippen MR) is 82.0 cm³/mol. The van der Waals surface area contributed by atoms with Crippen LogP contribution >= 0.6 is 15.9 Å². The number of nitrogens with two attached hydrogens (primary N) is 1. The van der Waals surface area contributed by atoms with E-state index in [0.29, 0.717) is 6.04 Å². The van der Waals surface area contributed by atoms with Gasteiger partial charge in [-0.3, -0.25) is 0 Å². The van der Waals surface area contributed by atoms with Crippen LogP contribution in [0.4, 0.5) is 11.8 Å². The quantitative estimate of drug-likeness (QED) is 0.887. The van der Waals surface area contributed by atoms with Crippen LogP contribution in [0.5, 0.6) is 0 Å². The molecule has 1 atom stereocenters. The van der Waals surface area contributed by atoms with E-state index in [-0.39, 0.29) is 5.95 Å². The van der Waals surface area contributed by atoms with Gasteiger partial charge in [-0.05, 0) is 41.3 Å². The third-order valence-corrected chi connectivity index (χ3v) is 3.44. The summed E-state index contributed by atoms with van der Waals surface area (Å²) in [6, 6.07) is 10.8. The number of rotatable bonds is 5. The maximum atomic E-state index is 5.59. The van der Waals surface area contributed by atoms with Gasteiger partial charge >= 0.3 is 0 Å². The Balaban J connectivity index is 1.90. The fraction of sp³-hybridized carbons (Fsp3) is 0.286. The second-order valence-corrected chi connectivity index (χ2v) is 5.35. The molecule has 1 aromatic heterocycles. The molecule has 19 heavy (non-hydrogen) atoms. The first kappa shape index (κ1) is 13.8. The van der Waals surface area contributed by atoms with Gasteiger partial charge in [-0.15, -0.1) is 0 Å². The van der Waals surface area contributed by atoms with Crippen molar-refractivity contribution >= 4 is 27.7 Å². The number of nitrogens with one attached hydrogen (secondary N) is 1. The molecule has 0 aliphatic rings. The number of hydrogen-bond acceptors (Lipinski definition) is 4. The van der Waals surface area contributed by atoms with E-state index in [4.69, 9.17) is 5.73 Å². The molecule has 1 aromatic carbocycles. The average Bonchev–Trinajstić information content (AvgIpc) is 2.42. The Hall–Kier alpha value is -1.62. The molecule has 5 heteroatoms. The summed E-state index contributed by atoms with van der Waals surface area (Å²) in [5.74, 6) is 1.02. The highest BCUT2D eigenvalue weighted by molar-refractivity contribution is 9.10. The van der Waals surface area contributed by atoms with Crippen molar-refractivity contribution in [2.45, 2.75) is 25.8 Å². The Morgan fingerprint density at radius 1 is 1.32 bits per heavy atom. The lowest BCUT2D eigenvalue weighted by atomic mass is 10.1. The molecule has 2 aromatic rings. The molecule has 0 saturated carbocycles. The van der Waals surface area contributed by atoms with Gasteiger partial charge in [-0.1, -0.05) is 30.3 Å². The largest absolute Gasteiger partial charge is 0.368 e. The van der Waals surface area contributed by atoms with E-state index in [2.05, 4.69) is 62.4 Å². The number of hydrogen-bond donors (Lipinski definition) is 2. The van der Waals surface area contributed by atoms with Crippen LogP contribution in [0.1, 0.15) is 18.9 Å². The summed E-state index contributed by atoms with van der Waals surface area (Å²) in [4.78, 5) is 8.10. The van der Waals surface area contributed by atoms with Crippen LogP contribution in [-0.4, -0.2) is 16.0 Å². The summed E-state index contributed by atoms with van der Waals surface area (Å²) in [7, 11) is 0. The van der Waals surface area contributed by atoms with Crippen LogP contribution in [0.2, 0.25) is 0 Å². The van der Waals surface area contributed by atoms with E-state index in [0.717, 1.165) is 23.1 Å². The minimum Gasteiger partial charge on any atom is -0.368 e. The second-order valence-electron chi connectivity index (χ2n) is 4.49. The Bertz CT molecular complexity index is 530. The molecular formula is C14H17BrN4. The van der Waals surface area contributed by atoms with Gasteiger partial charge in [0.25, 0.3) is 0 Å². The molecule has 0 aliphatic heterocycles. The highest BCUT2D eigenvalue weighted by atomic mass is 79.9. The molecule has 2 rings (SSSR count). The molecule has 3 N–H and O–H groups in total. The van der Waals surface area contributed by atoms with Crippen molar-refractivity contribution in [2.24, 2.45) is 0 Å². The maximum Gasteiger partial charge on any atom is 0.221 e. The number of aromatic nitrogens is 2. The normalized spacial score (nSPS) is 12.1. The molecule has 100 valence electrons. The number of nitrogen functional groups attached to an aromatic ring is 1. The summed E-state index contributed by atoms with van der Waals surface area (Å²) < 4.78 is 0.827. The third-order valence-electron chi connectivity index (χ3n) is 2.85. The molecule has 0 radical (unpaired) electrons. The van der Waals surface area contributed by atoms with E-state index in [1.54, 1.807) is 6.20 Å². The lowest BCUT2D eigenvalue weighted by Crippen LogP contribution is -2.17. The molecule has 1 unspecified atom stereocenters. The zero-order valence-electron chi connectivity index (χ0n) is 10.8. The molecule has 4 nitrogen and oxygen atoms in total. The molecule has 1 heterocycles. The van der Waals surface area contributed by atoms with Gasteiger partial charge in [0.2, 0.25) is 5.95 Å². The Morgan fingerprint density at radius 3 is 2.79 bits per heavy atom. The average molecular weight is 321 g/mol. The first-order chi connectivity index (χ1) is 9.15. The highest BCUT2D eigenvalue weighted by Crippen LogP contribution is 2.20. The Labute approximate surface area is 121 Å². The van der Waals surface area contributed by atoms with E-state index in [9.17, 15) is 0 Å². The highest BCUT2D eigenvalue weighted by Gasteiger charge is 2.07. The SMILES string of the molecule is CC(CCc1ccccc1)Nc1nc(N)ncc1Br. The molecule has 0 bridgehead atoms. The van der Waals surface area contributed by atoms with Crippen molar-refractivity contribution in [1.82, 2.24) is 9.97 Å². The minimum absolute atomic E-state index is 0.279. The van der Waals surface area contributed by atoms with Crippen molar-refractivity contribution in [3.8, 4) is 0 Å². The number of nitrogens with zero attached hydrogens (tertiary/aromatic N) is 2. The van der Waals surface area contributed by atoms with Crippen LogP contribution in [0.3, 0.4) is 0 Å². The van der Waals surface area contributed by atoms with Crippen LogP contribution in [0.15, 0.2) is 41.0 Å².